The van der Waals surface area contributed by atoms with Gasteiger partial charge >= 0.3 is 12.0 Å². The van der Waals surface area contributed by atoms with Crippen molar-refractivity contribution in [1.29, 1.82) is 0 Å². The van der Waals surface area contributed by atoms with Crippen LogP contribution in [0.1, 0.15) is 74.3 Å². The first-order valence-corrected chi connectivity index (χ1v) is 12.5. The van der Waals surface area contributed by atoms with E-state index < -0.39 is 0 Å². The Morgan fingerprint density at radius 1 is 1.09 bits per heavy atom. The van der Waals surface area contributed by atoms with Gasteiger partial charge in [-0.15, -0.1) is 11.3 Å². The third-order valence-corrected chi connectivity index (χ3v) is 6.26. The van der Waals surface area contributed by atoms with Gasteiger partial charge in [0.15, 0.2) is 5.13 Å². The minimum absolute atomic E-state index is 0.147. The summed E-state index contributed by atoms with van der Waals surface area (Å²) in [5, 5.41) is 11.0. The summed E-state index contributed by atoms with van der Waals surface area (Å²) in [6.45, 7) is 2.44. The number of carbonyl (C=O) groups excluding carboxylic acids is 3. The molecule has 1 aromatic heterocycles. The van der Waals surface area contributed by atoms with Crippen molar-refractivity contribution in [3.05, 3.63) is 40.9 Å². The monoisotopic (exact) mass is 472 g/mol. The molecule has 0 saturated heterocycles. The fourth-order valence-electron chi connectivity index (χ4n) is 3.59. The lowest BCUT2D eigenvalue weighted by molar-refractivity contribution is -0.116. The number of carbonyl (C=O) groups is 3. The SMILES string of the molecule is CCCCOC(=O)c1ccc(NC(=O)CCc2csc(NC(=O)NC3CCCCC3)n2)cc1. The molecule has 0 spiro atoms. The highest BCUT2D eigenvalue weighted by molar-refractivity contribution is 7.13. The minimum atomic E-state index is -0.360. The van der Waals surface area contributed by atoms with Gasteiger partial charge in [-0.25, -0.2) is 14.6 Å². The van der Waals surface area contributed by atoms with Gasteiger partial charge in [-0.05, 0) is 49.9 Å². The van der Waals surface area contributed by atoms with E-state index >= 15 is 0 Å². The van der Waals surface area contributed by atoms with Crippen molar-refractivity contribution in [3.63, 3.8) is 0 Å². The number of urea groups is 1. The molecule has 3 N–H and O–H groups in total. The summed E-state index contributed by atoms with van der Waals surface area (Å²) in [6.07, 6.45) is 8.14. The molecule has 178 valence electrons. The van der Waals surface area contributed by atoms with Crippen LogP contribution < -0.4 is 16.0 Å². The molecule has 0 aliphatic heterocycles. The number of esters is 1. The number of ether oxygens (including phenoxy) is 1. The van der Waals surface area contributed by atoms with E-state index in [-0.39, 0.29) is 30.4 Å². The van der Waals surface area contributed by atoms with E-state index in [1.165, 1.54) is 17.8 Å². The van der Waals surface area contributed by atoms with Crippen LogP contribution >= 0.6 is 11.3 Å². The highest BCUT2D eigenvalue weighted by Crippen LogP contribution is 2.19. The fraction of sp³-hybridized carbons (Fsp3) is 0.500. The fourth-order valence-corrected chi connectivity index (χ4v) is 4.33. The first-order chi connectivity index (χ1) is 16.0. The molecule has 1 aromatic carbocycles. The molecule has 1 heterocycles. The lowest BCUT2D eigenvalue weighted by atomic mass is 9.96. The number of hydrogen-bond acceptors (Lipinski definition) is 6. The smallest absolute Gasteiger partial charge is 0.338 e. The van der Waals surface area contributed by atoms with Gasteiger partial charge in [-0.3, -0.25) is 10.1 Å². The summed E-state index contributed by atoms with van der Waals surface area (Å²) in [7, 11) is 0. The van der Waals surface area contributed by atoms with E-state index in [9.17, 15) is 14.4 Å². The van der Waals surface area contributed by atoms with Gasteiger partial charge in [0.05, 0.1) is 17.9 Å². The Labute approximate surface area is 198 Å². The molecule has 8 nitrogen and oxygen atoms in total. The molecule has 0 atom stereocenters. The number of aromatic nitrogens is 1. The average molecular weight is 473 g/mol. The lowest BCUT2D eigenvalue weighted by Crippen LogP contribution is -2.38. The number of anilines is 2. The van der Waals surface area contributed by atoms with Gasteiger partial charge in [0.25, 0.3) is 0 Å². The zero-order valence-corrected chi connectivity index (χ0v) is 19.8. The normalized spacial score (nSPS) is 13.8. The Morgan fingerprint density at radius 2 is 1.85 bits per heavy atom. The molecule has 1 saturated carbocycles. The molecule has 33 heavy (non-hydrogen) atoms. The Hall–Kier alpha value is -2.94. The van der Waals surface area contributed by atoms with Crippen LogP contribution in [0.2, 0.25) is 0 Å². The number of thiazole rings is 1. The average Bonchev–Trinajstić information content (AvgIpc) is 3.26. The van der Waals surface area contributed by atoms with E-state index in [0.717, 1.165) is 44.2 Å². The van der Waals surface area contributed by atoms with Crippen molar-refractivity contribution < 1.29 is 19.1 Å². The van der Waals surface area contributed by atoms with Gasteiger partial charge in [0.2, 0.25) is 5.91 Å². The maximum atomic E-state index is 12.3. The van der Waals surface area contributed by atoms with Crippen molar-refractivity contribution in [2.45, 2.75) is 70.8 Å². The molecule has 3 rings (SSSR count). The molecule has 9 heteroatoms. The number of hydrogen-bond donors (Lipinski definition) is 3. The second-order valence-corrected chi connectivity index (χ2v) is 9.05. The Kier molecular flexibility index (Phi) is 9.68. The van der Waals surface area contributed by atoms with Crippen molar-refractivity contribution >= 4 is 40.1 Å². The van der Waals surface area contributed by atoms with Crippen LogP contribution in [0.25, 0.3) is 0 Å². The first kappa shape index (κ1) is 24.7. The second-order valence-electron chi connectivity index (χ2n) is 8.19. The summed E-state index contributed by atoms with van der Waals surface area (Å²) in [4.78, 5) is 40.8. The maximum Gasteiger partial charge on any atom is 0.338 e. The quantitative estimate of drug-likeness (QED) is 0.328. The van der Waals surface area contributed by atoms with E-state index in [4.69, 9.17) is 4.74 Å². The summed E-state index contributed by atoms with van der Waals surface area (Å²) in [6, 6.07) is 6.66. The highest BCUT2D eigenvalue weighted by atomic mass is 32.1. The van der Waals surface area contributed by atoms with Crippen LogP contribution in [0.4, 0.5) is 15.6 Å². The molecule has 1 fully saturated rings. The molecular weight excluding hydrogens is 440 g/mol. The Morgan fingerprint density at radius 3 is 2.58 bits per heavy atom. The van der Waals surface area contributed by atoms with Gasteiger partial charge in [0, 0.05) is 23.5 Å². The Balaban J connectivity index is 1.38. The summed E-state index contributed by atoms with van der Waals surface area (Å²) < 4.78 is 5.18. The molecule has 0 radical (unpaired) electrons. The van der Waals surface area contributed by atoms with Crippen LogP contribution in [0.15, 0.2) is 29.6 Å². The predicted molar refractivity (Wildman–Crippen MR) is 130 cm³/mol. The minimum Gasteiger partial charge on any atom is -0.462 e. The van der Waals surface area contributed by atoms with Gasteiger partial charge in [-0.2, -0.15) is 0 Å². The van der Waals surface area contributed by atoms with Crippen molar-refractivity contribution in [2.75, 3.05) is 17.2 Å². The van der Waals surface area contributed by atoms with Crippen LogP contribution in [-0.2, 0) is 16.0 Å². The van der Waals surface area contributed by atoms with E-state index in [1.807, 2.05) is 12.3 Å². The van der Waals surface area contributed by atoms with Crippen LogP contribution in [0.5, 0.6) is 0 Å². The predicted octanol–water partition coefficient (Wildman–Crippen LogP) is 5.13. The largest absolute Gasteiger partial charge is 0.462 e. The number of benzene rings is 1. The molecule has 2 aromatic rings. The molecule has 3 amide bonds. The van der Waals surface area contributed by atoms with Crippen molar-refractivity contribution in [2.24, 2.45) is 0 Å². The number of amides is 3. The first-order valence-electron chi connectivity index (χ1n) is 11.6. The van der Waals surface area contributed by atoms with Crippen LogP contribution in [0, 0.1) is 0 Å². The van der Waals surface area contributed by atoms with Crippen molar-refractivity contribution in [1.82, 2.24) is 10.3 Å². The molecule has 0 unspecified atom stereocenters. The van der Waals surface area contributed by atoms with Crippen LogP contribution in [-0.4, -0.2) is 35.5 Å². The van der Waals surface area contributed by atoms with E-state index in [0.29, 0.717) is 29.4 Å². The molecular formula is C24H32N4O4S. The number of nitrogens with one attached hydrogen (secondary N) is 3. The number of aryl methyl sites for hydroxylation is 1. The summed E-state index contributed by atoms with van der Waals surface area (Å²) >= 11 is 1.35. The Bertz CT molecular complexity index is 923. The third kappa shape index (κ3) is 8.49. The standard InChI is InChI=1S/C24H32N4O4S/c1-2-3-15-32-22(30)17-9-11-19(12-10-17)25-21(29)14-13-20-16-33-24(27-20)28-23(31)26-18-7-5-4-6-8-18/h9-12,16,18H,2-8,13-15H2,1H3,(H,25,29)(H2,26,27,28,31). The van der Waals surface area contributed by atoms with Gasteiger partial charge < -0.3 is 15.4 Å². The van der Waals surface area contributed by atoms with Crippen LogP contribution in [0.3, 0.4) is 0 Å². The van der Waals surface area contributed by atoms with Crippen molar-refractivity contribution in [3.8, 4) is 0 Å². The topological polar surface area (TPSA) is 109 Å². The second kappa shape index (κ2) is 12.9. The number of nitrogens with zero attached hydrogens (tertiary/aromatic N) is 1. The third-order valence-electron chi connectivity index (χ3n) is 5.46. The molecule has 1 aliphatic carbocycles. The molecule has 0 bridgehead atoms. The zero-order valence-electron chi connectivity index (χ0n) is 19.0. The lowest BCUT2D eigenvalue weighted by Gasteiger charge is -2.22. The number of rotatable bonds is 10. The maximum absolute atomic E-state index is 12.3. The number of unbranched alkanes of at least 4 members (excludes halogenated alkanes) is 1. The highest BCUT2D eigenvalue weighted by Gasteiger charge is 2.16. The van der Waals surface area contributed by atoms with E-state index in [2.05, 4.69) is 20.9 Å². The van der Waals surface area contributed by atoms with Gasteiger partial charge in [0.1, 0.15) is 0 Å². The molecule has 1 aliphatic rings. The van der Waals surface area contributed by atoms with E-state index in [1.54, 1.807) is 24.3 Å². The summed E-state index contributed by atoms with van der Waals surface area (Å²) in [5.41, 5.74) is 1.83. The summed E-state index contributed by atoms with van der Waals surface area (Å²) in [5.74, 6) is -0.507. The zero-order chi connectivity index (χ0) is 23.5. The van der Waals surface area contributed by atoms with Gasteiger partial charge in [-0.1, -0.05) is 32.6 Å².